The van der Waals surface area contributed by atoms with Crippen LogP contribution in [0.15, 0.2) is 30.5 Å². The van der Waals surface area contributed by atoms with Crippen molar-refractivity contribution in [2.24, 2.45) is 0 Å². The van der Waals surface area contributed by atoms with Gasteiger partial charge in [-0.3, -0.25) is 0 Å². The average molecular weight is 248 g/mol. The van der Waals surface area contributed by atoms with Crippen molar-refractivity contribution in [3.63, 3.8) is 0 Å². The maximum Gasteiger partial charge on any atom is 0.221 e. The zero-order valence-corrected chi connectivity index (χ0v) is 9.85. The second kappa shape index (κ2) is 5.31. The number of nitrogens with one attached hydrogen (secondary N) is 1. The minimum atomic E-state index is -0.427. The van der Waals surface area contributed by atoms with Gasteiger partial charge in [0.2, 0.25) is 5.95 Å². The molecule has 2 rings (SSSR count). The second-order valence-corrected chi connectivity index (χ2v) is 3.50. The fourth-order valence-corrected chi connectivity index (χ4v) is 1.44. The highest BCUT2D eigenvalue weighted by Crippen LogP contribution is 2.23. The molecule has 0 aliphatic rings. The highest BCUT2D eigenvalue weighted by molar-refractivity contribution is 5.57. The molecule has 1 heterocycles. The predicted octanol–water partition coefficient (Wildman–Crippen LogP) is 2.34. The Hall–Kier alpha value is -2.37. The van der Waals surface area contributed by atoms with E-state index < -0.39 is 5.82 Å². The molecule has 1 aromatic heterocycles. The third-order valence-corrected chi connectivity index (χ3v) is 2.18. The summed E-state index contributed by atoms with van der Waals surface area (Å²) in [6.07, 6.45) is 1.52. The highest BCUT2D eigenvalue weighted by atomic mass is 19.1. The normalized spacial score (nSPS) is 10.1. The van der Waals surface area contributed by atoms with Gasteiger partial charge in [-0.1, -0.05) is 0 Å². The fourth-order valence-electron chi connectivity index (χ4n) is 1.44. The van der Waals surface area contributed by atoms with Gasteiger partial charge in [0.15, 0.2) is 11.6 Å². The van der Waals surface area contributed by atoms with E-state index in [9.17, 15) is 4.39 Å². The average Bonchev–Trinajstić information content (AvgIpc) is 2.33. The Balaban J connectivity index is 2.17. The third-order valence-electron chi connectivity index (χ3n) is 2.18. The van der Waals surface area contributed by atoms with E-state index in [1.54, 1.807) is 25.1 Å². The molecule has 0 amide bonds. The molecule has 0 radical (unpaired) electrons. The number of anilines is 3. The molecule has 0 fully saturated rings. The molecular formula is C12H13FN4O. The van der Waals surface area contributed by atoms with Crippen LogP contribution in [0.25, 0.3) is 0 Å². The minimum Gasteiger partial charge on any atom is -0.491 e. The lowest BCUT2D eigenvalue weighted by molar-refractivity contribution is 0.321. The number of ether oxygens (including phenoxy) is 1. The summed E-state index contributed by atoms with van der Waals surface area (Å²) >= 11 is 0. The summed E-state index contributed by atoms with van der Waals surface area (Å²) in [5.74, 6) is 0.464. The van der Waals surface area contributed by atoms with Gasteiger partial charge in [-0.05, 0) is 25.1 Å². The van der Waals surface area contributed by atoms with Gasteiger partial charge in [-0.2, -0.15) is 4.98 Å². The van der Waals surface area contributed by atoms with Crippen LogP contribution in [0.4, 0.5) is 21.8 Å². The first-order chi connectivity index (χ1) is 8.69. The van der Waals surface area contributed by atoms with Gasteiger partial charge in [-0.15, -0.1) is 0 Å². The Morgan fingerprint density at radius 3 is 2.89 bits per heavy atom. The van der Waals surface area contributed by atoms with Crippen LogP contribution in [-0.2, 0) is 0 Å². The standard InChI is InChI=1S/C12H13FN4O/c1-2-18-10-4-3-8(7-9(10)13)16-11-5-6-15-12(14)17-11/h3-7H,2H2,1H3,(H3,14,15,16,17). The molecule has 0 unspecified atom stereocenters. The fraction of sp³-hybridized carbons (Fsp3) is 0.167. The van der Waals surface area contributed by atoms with Crippen LogP contribution in [0.1, 0.15) is 6.92 Å². The van der Waals surface area contributed by atoms with Gasteiger partial charge in [0, 0.05) is 18.0 Å². The number of aromatic nitrogens is 2. The molecule has 0 spiro atoms. The Morgan fingerprint density at radius 1 is 1.39 bits per heavy atom. The summed E-state index contributed by atoms with van der Waals surface area (Å²) in [6, 6.07) is 6.24. The van der Waals surface area contributed by atoms with E-state index in [1.165, 1.54) is 12.3 Å². The zero-order valence-electron chi connectivity index (χ0n) is 9.85. The maximum absolute atomic E-state index is 13.6. The Morgan fingerprint density at radius 2 is 2.22 bits per heavy atom. The summed E-state index contributed by atoms with van der Waals surface area (Å²) in [5.41, 5.74) is 6.01. The lowest BCUT2D eigenvalue weighted by Gasteiger charge is -2.08. The summed E-state index contributed by atoms with van der Waals surface area (Å²) in [4.78, 5) is 7.73. The van der Waals surface area contributed by atoms with Gasteiger partial charge in [0.05, 0.1) is 6.61 Å². The smallest absolute Gasteiger partial charge is 0.221 e. The molecule has 0 aliphatic heterocycles. The van der Waals surface area contributed by atoms with Gasteiger partial charge in [-0.25, -0.2) is 9.37 Å². The molecule has 2 aromatic rings. The first kappa shape index (κ1) is 12.1. The number of hydrogen-bond acceptors (Lipinski definition) is 5. The van der Waals surface area contributed by atoms with Crippen LogP contribution >= 0.6 is 0 Å². The molecule has 0 atom stereocenters. The molecule has 94 valence electrons. The van der Waals surface area contributed by atoms with E-state index in [0.717, 1.165) is 0 Å². The quantitative estimate of drug-likeness (QED) is 0.868. The topological polar surface area (TPSA) is 73.1 Å². The van der Waals surface area contributed by atoms with Crippen molar-refractivity contribution in [2.75, 3.05) is 17.7 Å². The number of nitrogens with zero attached hydrogens (tertiary/aromatic N) is 2. The lowest BCUT2D eigenvalue weighted by Crippen LogP contribution is -2.00. The molecule has 0 saturated heterocycles. The Kier molecular flexibility index (Phi) is 3.57. The first-order valence-electron chi connectivity index (χ1n) is 5.47. The van der Waals surface area contributed by atoms with Crippen molar-refractivity contribution in [1.29, 1.82) is 0 Å². The molecule has 3 N–H and O–H groups in total. The van der Waals surface area contributed by atoms with E-state index in [-0.39, 0.29) is 11.7 Å². The van der Waals surface area contributed by atoms with Crippen LogP contribution in [0.3, 0.4) is 0 Å². The molecule has 5 nitrogen and oxygen atoms in total. The van der Waals surface area contributed by atoms with Crippen LogP contribution in [-0.4, -0.2) is 16.6 Å². The minimum absolute atomic E-state index is 0.159. The summed E-state index contributed by atoms with van der Waals surface area (Å²) in [7, 11) is 0. The molecule has 18 heavy (non-hydrogen) atoms. The van der Waals surface area contributed by atoms with Crippen LogP contribution < -0.4 is 15.8 Å². The lowest BCUT2D eigenvalue weighted by atomic mass is 10.3. The van der Waals surface area contributed by atoms with E-state index in [0.29, 0.717) is 18.1 Å². The summed E-state index contributed by atoms with van der Waals surface area (Å²) in [5, 5.41) is 2.93. The zero-order chi connectivity index (χ0) is 13.0. The van der Waals surface area contributed by atoms with Crippen LogP contribution in [0, 0.1) is 5.82 Å². The summed E-state index contributed by atoms with van der Waals surface area (Å²) < 4.78 is 18.7. The van der Waals surface area contributed by atoms with Crippen LogP contribution in [0.2, 0.25) is 0 Å². The van der Waals surface area contributed by atoms with E-state index in [4.69, 9.17) is 10.5 Å². The van der Waals surface area contributed by atoms with Crippen molar-refractivity contribution in [1.82, 2.24) is 9.97 Å². The van der Waals surface area contributed by atoms with Crippen LogP contribution in [0.5, 0.6) is 5.75 Å². The molecule has 0 saturated carbocycles. The molecular weight excluding hydrogens is 235 g/mol. The number of rotatable bonds is 4. The predicted molar refractivity (Wildman–Crippen MR) is 67.3 cm³/mol. The van der Waals surface area contributed by atoms with E-state index in [2.05, 4.69) is 15.3 Å². The Bertz CT molecular complexity index is 547. The van der Waals surface area contributed by atoms with Crippen molar-refractivity contribution in [2.45, 2.75) is 6.92 Å². The molecule has 0 bridgehead atoms. The Labute approximate surface area is 104 Å². The van der Waals surface area contributed by atoms with Crippen molar-refractivity contribution < 1.29 is 9.13 Å². The maximum atomic E-state index is 13.6. The third kappa shape index (κ3) is 2.85. The van der Waals surface area contributed by atoms with Crippen molar-refractivity contribution >= 4 is 17.5 Å². The van der Waals surface area contributed by atoms with Gasteiger partial charge >= 0.3 is 0 Å². The van der Waals surface area contributed by atoms with Crippen molar-refractivity contribution in [3.05, 3.63) is 36.3 Å². The van der Waals surface area contributed by atoms with E-state index >= 15 is 0 Å². The monoisotopic (exact) mass is 248 g/mol. The largest absolute Gasteiger partial charge is 0.491 e. The van der Waals surface area contributed by atoms with Gasteiger partial charge in [0.25, 0.3) is 0 Å². The SMILES string of the molecule is CCOc1ccc(Nc2ccnc(N)n2)cc1F. The highest BCUT2D eigenvalue weighted by Gasteiger charge is 2.05. The van der Waals surface area contributed by atoms with Gasteiger partial charge in [0.1, 0.15) is 5.82 Å². The second-order valence-electron chi connectivity index (χ2n) is 3.50. The molecule has 6 heteroatoms. The molecule has 0 aliphatic carbocycles. The number of nitrogen functional groups attached to an aromatic ring is 1. The number of hydrogen-bond donors (Lipinski definition) is 2. The number of halogens is 1. The van der Waals surface area contributed by atoms with E-state index in [1.807, 2.05) is 0 Å². The van der Waals surface area contributed by atoms with Gasteiger partial charge < -0.3 is 15.8 Å². The molecule has 1 aromatic carbocycles. The number of nitrogens with two attached hydrogens (primary N) is 1. The number of benzene rings is 1. The summed E-state index contributed by atoms with van der Waals surface area (Å²) in [6.45, 7) is 2.22. The van der Waals surface area contributed by atoms with Crippen molar-refractivity contribution in [3.8, 4) is 5.75 Å². The first-order valence-corrected chi connectivity index (χ1v) is 5.47.